The molecule has 5 rings (SSSR count). The van der Waals surface area contributed by atoms with Gasteiger partial charge in [0.15, 0.2) is 0 Å². The van der Waals surface area contributed by atoms with Gasteiger partial charge in [-0.25, -0.2) is 5.57 Å². The van der Waals surface area contributed by atoms with Gasteiger partial charge in [0, 0.05) is 0 Å². The van der Waals surface area contributed by atoms with Crippen LogP contribution in [0.25, 0.3) is 10.8 Å². The fraction of sp³-hybridized carbons (Fsp3) is 0.286. The average molecular weight is 584 g/mol. The van der Waals surface area contributed by atoms with Crippen LogP contribution in [0.2, 0.25) is 0 Å². The molecule has 0 amide bonds. The van der Waals surface area contributed by atoms with E-state index in [0.717, 1.165) is 12.8 Å². The Bertz CT molecular complexity index is 1220. The Hall–Kier alpha value is -1.94. The molecule has 0 saturated carbocycles. The molecule has 4 aromatic rings. The second-order valence-corrected chi connectivity index (χ2v) is 12.6. The van der Waals surface area contributed by atoms with Gasteiger partial charge in [0.1, 0.15) is 0 Å². The summed E-state index contributed by atoms with van der Waals surface area (Å²) in [6.45, 7) is 15.5. The first-order valence-corrected chi connectivity index (χ1v) is 15.1. The largest absolute Gasteiger partial charge is 2.00 e. The molecule has 0 heterocycles. The van der Waals surface area contributed by atoms with Gasteiger partial charge in [-0.05, 0) is 37.3 Å². The predicted molar refractivity (Wildman–Crippen MR) is 163 cm³/mol. The Labute approximate surface area is 246 Å². The number of benzene rings is 3. The molecule has 0 spiro atoms. The summed E-state index contributed by atoms with van der Waals surface area (Å²) in [6.07, 6.45) is 5.69. The van der Waals surface area contributed by atoms with Gasteiger partial charge >= 0.3 is 26.2 Å². The first-order chi connectivity index (χ1) is 17.2. The van der Waals surface area contributed by atoms with Gasteiger partial charge in [-0.15, -0.1) is 55.2 Å². The smallest absolute Gasteiger partial charge is 0.263 e. The van der Waals surface area contributed by atoms with Crippen LogP contribution < -0.4 is 5.30 Å². The normalized spacial score (nSPS) is 13.8. The maximum atomic E-state index is 3.44. The minimum absolute atomic E-state index is 0. The first-order valence-electron chi connectivity index (χ1n) is 12.9. The number of allylic oxidation sites excluding steroid dienone is 4. The van der Waals surface area contributed by atoms with Crippen molar-refractivity contribution >= 4 is 24.0 Å². The van der Waals surface area contributed by atoms with Crippen LogP contribution in [0.4, 0.5) is 0 Å². The molecule has 0 saturated heterocycles. The van der Waals surface area contributed by atoms with Crippen LogP contribution in [-0.4, -0.2) is 13.3 Å². The Kier molecular flexibility index (Phi) is 12.6. The molecule has 0 fully saturated rings. The zero-order valence-electron chi connectivity index (χ0n) is 23.6. The van der Waals surface area contributed by atoms with Crippen LogP contribution in [0.15, 0.2) is 114 Å². The van der Waals surface area contributed by atoms with Crippen molar-refractivity contribution in [3.8, 4) is 0 Å². The molecule has 1 aliphatic carbocycles. The summed E-state index contributed by atoms with van der Waals surface area (Å²) in [7, 11) is 0.0576. The van der Waals surface area contributed by atoms with Crippen molar-refractivity contribution in [1.82, 2.24) is 0 Å². The van der Waals surface area contributed by atoms with E-state index in [0.29, 0.717) is 0 Å². The number of hydrogen-bond acceptors (Lipinski definition) is 0. The van der Waals surface area contributed by atoms with E-state index in [-0.39, 0.29) is 39.5 Å². The van der Waals surface area contributed by atoms with Crippen LogP contribution in [0, 0.1) is 11.5 Å². The molecule has 0 aromatic heterocycles. The number of fused-ring (bicyclic) bond motifs is 1. The Morgan fingerprint density at radius 1 is 0.730 bits per heavy atom. The van der Waals surface area contributed by atoms with Gasteiger partial charge in [0.2, 0.25) is 0 Å². The molecule has 1 aliphatic rings. The SMILES string of the molecule is CC1=[C-]C(C)(C)C(C)=C1C.CP(C)c1cc2ccccc2[cH-]1.[Zr+2].c1ccc(CCc2ccccc2)cc1. The number of hydrogen-bond donors (Lipinski definition) is 0. The molecular weight excluding hydrogens is 543 g/mol. The van der Waals surface area contributed by atoms with Gasteiger partial charge in [-0.3, -0.25) is 6.08 Å². The molecule has 0 bridgehead atoms. The zero-order valence-corrected chi connectivity index (χ0v) is 27.0. The van der Waals surface area contributed by atoms with Crippen molar-refractivity contribution in [2.24, 2.45) is 5.41 Å². The Morgan fingerprint density at radius 2 is 1.22 bits per heavy atom. The van der Waals surface area contributed by atoms with E-state index in [1.165, 1.54) is 43.9 Å². The molecule has 37 heavy (non-hydrogen) atoms. The van der Waals surface area contributed by atoms with Gasteiger partial charge < -0.3 is 0 Å². The zero-order chi connectivity index (χ0) is 26.1. The van der Waals surface area contributed by atoms with E-state index in [1.807, 2.05) is 0 Å². The first kappa shape index (κ1) is 31.3. The fourth-order valence-electron chi connectivity index (χ4n) is 4.38. The van der Waals surface area contributed by atoms with Gasteiger partial charge in [0.05, 0.1) is 0 Å². The van der Waals surface area contributed by atoms with Crippen LogP contribution in [0.3, 0.4) is 0 Å². The van der Waals surface area contributed by atoms with Crippen molar-refractivity contribution in [2.45, 2.75) is 47.5 Å². The van der Waals surface area contributed by atoms with E-state index >= 15 is 0 Å². The van der Waals surface area contributed by atoms with Crippen molar-refractivity contribution in [3.63, 3.8) is 0 Å². The Balaban J connectivity index is 0.000000195. The van der Waals surface area contributed by atoms with E-state index < -0.39 is 0 Å². The van der Waals surface area contributed by atoms with Crippen molar-refractivity contribution < 1.29 is 26.2 Å². The van der Waals surface area contributed by atoms with E-state index in [9.17, 15) is 0 Å². The maximum absolute atomic E-state index is 3.44. The summed E-state index contributed by atoms with van der Waals surface area (Å²) >= 11 is 0. The van der Waals surface area contributed by atoms with Crippen molar-refractivity contribution in [2.75, 3.05) is 13.3 Å². The van der Waals surface area contributed by atoms with Crippen LogP contribution in [-0.2, 0) is 39.0 Å². The summed E-state index contributed by atoms with van der Waals surface area (Å²) in [4.78, 5) is 0. The minimum Gasteiger partial charge on any atom is -0.263 e. The third kappa shape index (κ3) is 9.39. The molecule has 0 N–H and O–H groups in total. The summed E-state index contributed by atoms with van der Waals surface area (Å²) < 4.78 is 0. The number of aryl methyl sites for hydroxylation is 2. The summed E-state index contributed by atoms with van der Waals surface area (Å²) in [5.41, 5.74) is 7.22. The van der Waals surface area contributed by atoms with Crippen LogP contribution >= 0.6 is 7.92 Å². The van der Waals surface area contributed by atoms with Crippen molar-refractivity contribution in [3.05, 3.63) is 131 Å². The third-order valence-electron chi connectivity index (χ3n) is 7.07. The van der Waals surface area contributed by atoms with Gasteiger partial charge in [-0.1, -0.05) is 99.8 Å². The van der Waals surface area contributed by atoms with E-state index in [4.69, 9.17) is 0 Å². The van der Waals surface area contributed by atoms with Crippen LogP contribution in [0.5, 0.6) is 0 Å². The fourth-order valence-corrected chi connectivity index (χ4v) is 5.17. The molecule has 190 valence electrons. The molecule has 4 aromatic carbocycles. The topological polar surface area (TPSA) is 0 Å². The van der Waals surface area contributed by atoms with E-state index in [2.05, 4.69) is 151 Å². The quantitative estimate of drug-likeness (QED) is 0.166. The second-order valence-electron chi connectivity index (χ2n) is 10.3. The summed E-state index contributed by atoms with van der Waals surface area (Å²) in [5.74, 6) is 0. The van der Waals surface area contributed by atoms with Crippen molar-refractivity contribution in [1.29, 1.82) is 0 Å². The number of rotatable bonds is 4. The molecule has 0 nitrogen and oxygen atoms in total. The second kappa shape index (κ2) is 14.9. The van der Waals surface area contributed by atoms with Crippen LogP contribution in [0.1, 0.15) is 45.7 Å². The monoisotopic (exact) mass is 582 g/mol. The van der Waals surface area contributed by atoms with Gasteiger partial charge in [-0.2, -0.15) is 17.2 Å². The standard InChI is InChI=1S/C14H14.C11H12P.C10H15.Zr/c1-3-7-13(8-4-1)11-12-14-9-5-2-6-10-14;1-12(2)11-7-9-5-3-4-6-10(9)8-11;1-7-6-10(4,5)9(3)8(7)2;/h1-10H,11-12H2;3-8H,1-2H3;1-5H3;/q;2*-1;+2. The molecule has 2 heteroatoms. The molecule has 0 radical (unpaired) electrons. The Morgan fingerprint density at radius 3 is 1.59 bits per heavy atom. The summed E-state index contributed by atoms with van der Waals surface area (Å²) in [6, 6.07) is 34.4. The van der Waals surface area contributed by atoms with E-state index in [1.54, 1.807) is 0 Å². The predicted octanol–water partition coefficient (Wildman–Crippen LogP) is 9.51. The average Bonchev–Trinajstić information content (AvgIpc) is 3.40. The summed E-state index contributed by atoms with van der Waals surface area (Å²) in [5, 5.41) is 4.26. The molecule has 0 aliphatic heterocycles. The minimum atomic E-state index is 0. The van der Waals surface area contributed by atoms with Gasteiger partial charge in [0.25, 0.3) is 0 Å². The molecule has 0 unspecified atom stereocenters. The maximum Gasteiger partial charge on any atom is 2.00 e. The third-order valence-corrected chi connectivity index (χ3v) is 8.36. The molecule has 0 atom stereocenters. The molecular formula is C35H41PZr.